The highest BCUT2D eigenvalue weighted by Gasteiger charge is 2.04. The molecule has 0 heterocycles. The summed E-state index contributed by atoms with van der Waals surface area (Å²) in [6, 6.07) is 0. The molecule has 5 nitrogen and oxygen atoms in total. The second-order valence-electron chi connectivity index (χ2n) is 8.70. The van der Waals surface area contributed by atoms with E-state index in [9.17, 15) is 0 Å². The Kier molecular flexibility index (Phi) is 21.1. The summed E-state index contributed by atoms with van der Waals surface area (Å²) in [5.74, 6) is 0. The van der Waals surface area contributed by atoms with E-state index in [1.54, 1.807) is 0 Å². The smallest absolute Gasteiger partial charge is 0.0780 e. The van der Waals surface area contributed by atoms with Crippen molar-refractivity contribution in [2.75, 3.05) is 27.7 Å². The molecule has 166 valence electrons. The van der Waals surface area contributed by atoms with Crippen molar-refractivity contribution < 1.29 is 33.4 Å². The zero-order chi connectivity index (χ0) is 21.0. The molecule has 27 heavy (non-hydrogen) atoms. The van der Waals surface area contributed by atoms with E-state index in [2.05, 4.69) is 28.1 Å². The largest absolute Gasteiger partial charge is 0.331 e. The highest BCUT2D eigenvalue weighted by Crippen LogP contribution is 2.13. The third kappa shape index (κ3) is 41.5. The first-order chi connectivity index (χ1) is 12.6. The molecule has 0 N–H and O–H groups in total. The predicted octanol–water partition coefficient (Wildman–Crippen LogP) is 2.20. The molecule has 0 saturated carbocycles. The second kappa shape index (κ2) is 19.4. The minimum absolute atomic E-state index is 1.12. The molecular formula is C21H46ClNO4. The number of hydrogen-bond donors (Lipinski definition) is 0. The van der Waals surface area contributed by atoms with Gasteiger partial charge in [-0.3, -0.25) is 0 Å². The summed E-state index contributed by atoms with van der Waals surface area (Å²) in [5.41, 5.74) is 0. The molecule has 0 rings (SSSR count). The lowest BCUT2D eigenvalue weighted by Gasteiger charge is -2.23. The second-order valence-corrected chi connectivity index (χ2v) is 9.45. The summed E-state index contributed by atoms with van der Waals surface area (Å²) in [7, 11) is 1.95. The molecule has 0 fully saturated rings. The van der Waals surface area contributed by atoms with E-state index in [1.165, 1.54) is 109 Å². The van der Waals surface area contributed by atoms with Crippen molar-refractivity contribution in [1.29, 1.82) is 0 Å². The first-order valence-electron chi connectivity index (χ1n) is 11.0. The van der Waals surface area contributed by atoms with Crippen LogP contribution in [0.1, 0.15) is 110 Å². The molecule has 0 radical (unpaired) electrons. The highest BCUT2D eigenvalue weighted by atomic mass is 35.7. The van der Waals surface area contributed by atoms with Gasteiger partial charge in [-0.25, -0.2) is 18.6 Å². The lowest BCUT2D eigenvalue weighted by atomic mass is 10.0. The molecule has 0 saturated heterocycles. The van der Waals surface area contributed by atoms with Crippen molar-refractivity contribution >= 4 is 0 Å². The fraction of sp³-hybridized carbons (Fsp3) is 1.00. The van der Waals surface area contributed by atoms with Gasteiger partial charge in [-0.05, 0) is 12.8 Å². The fourth-order valence-corrected chi connectivity index (χ4v) is 3.13. The van der Waals surface area contributed by atoms with Gasteiger partial charge in [-0.1, -0.05) is 96.8 Å². The summed E-state index contributed by atoms with van der Waals surface area (Å²) in [6.07, 6.45) is 23.4. The van der Waals surface area contributed by atoms with Gasteiger partial charge < -0.3 is 4.48 Å². The van der Waals surface area contributed by atoms with Gasteiger partial charge in [-0.15, -0.1) is 10.2 Å². The van der Waals surface area contributed by atoms with Crippen molar-refractivity contribution in [1.82, 2.24) is 0 Å². The van der Waals surface area contributed by atoms with Crippen LogP contribution in [0.2, 0.25) is 0 Å². The van der Waals surface area contributed by atoms with Gasteiger partial charge in [-0.2, -0.15) is 0 Å². The van der Waals surface area contributed by atoms with Gasteiger partial charge in [0, 0.05) is 0 Å². The minimum Gasteiger partial charge on any atom is -0.331 e. The van der Waals surface area contributed by atoms with Gasteiger partial charge in [0.2, 0.25) is 0 Å². The molecule has 0 aromatic heterocycles. The number of halogens is 1. The van der Waals surface area contributed by atoms with Gasteiger partial charge in [0.25, 0.3) is 0 Å². The molecule has 0 aliphatic carbocycles. The third-order valence-corrected chi connectivity index (χ3v) is 4.68. The van der Waals surface area contributed by atoms with E-state index in [-0.39, 0.29) is 0 Å². The normalized spacial score (nSPS) is 12.0. The maximum atomic E-state index is 8.49. The zero-order valence-electron chi connectivity index (χ0n) is 18.5. The van der Waals surface area contributed by atoms with Crippen LogP contribution in [0.3, 0.4) is 0 Å². The maximum Gasteiger partial charge on any atom is 0.0780 e. The third-order valence-electron chi connectivity index (χ3n) is 4.68. The standard InChI is InChI=1S/C21H46N.ClHO4/c1-5-6-7-8-9-10-11-12-13-14-15-16-17-18-19-20-21-22(2,3)4;2-1(3,4)5/h5-21H2,1-4H3;(H,2,3,4,5)/q+1;/p-1. The zero-order valence-corrected chi connectivity index (χ0v) is 19.2. The average molecular weight is 412 g/mol. The Labute approximate surface area is 171 Å². The Morgan fingerprint density at radius 3 is 0.926 bits per heavy atom. The monoisotopic (exact) mass is 411 g/mol. The number of rotatable bonds is 17. The van der Waals surface area contributed by atoms with Crippen LogP contribution >= 0.6 is 0 Å². The molecule has 0 atom stereocenters. The van der Waals surface area contributed by atoms with Crippen LogP contribution in [-0.2, 0) is 0 Å². The van der Waals surface area contributed by atoms with Crippen molar-refractivity contribution in [2.45, 2.75) is 110 Å². The summed E-state index contributed by atoms with van der Waals surface area (Å²) in [6.45, 7) is 3.63. The van der Waals surface area contributed by atoms with Crippen LogP contribution < -0.4 is 18.6 Å². The van der Waals surface area contributed by atoms with Crippen LogP contribution in [0.5, 0.6) is 0 Å². The van der Waals surface area contributed by atoms with Crippen LogP contribution in [0.4, 0.5) is 0 Å². The molecule has 0 aromatic carbocycles. The molecule has 0 bridgehead atoms. The quantitative estimate of drug-likeness (QED) is 0.271. The Bertz CT molecular complexity index is 285. The van der Waals surface area contributed by atoms with Crippen LogP contribution in [-0.4, -0.2) is 32.2 Å². The maximum absolute atomic E-state index is 8.49. The Hall–Kier alpha value is 0.0900. The molecule has 0 unspecified atom stereocenters. The first kappa shape index (κ1) is 29.3. The Morgan fingerprint density at radius 2 is 0.704 bits per heavy atom. The summed E-state index contributed by atoms with van der Waals surface area (Å²) >= 11 is 0. The molecular weight excluding hydrogens is 366 g/mol. The number of nitrogens with zero attached hydrogens (tertiary/aromatic N) is 1. The lowest BCUT2D eigenvalue weighted by Crippen LogP contribution is -2.68. The average Bonchev–Trinajstić information content (AvgIpc) is 2.52. The molecule has 0 spiro atoms. The number of unbranched alkanes of at least 4 members (excludes halogenated alkanes) is 15. The molecule has 6 heteroatoms. The SMILES string of the molecule is CCCCCCCCCCCCCCCCCC[N+](C)(C)C.[O-][Cl+3]([O-])([O-])[O-]. The highest BCUT2D eigenvalue weighted by molar-refractivity contribution is 4.49. The Balaban J connectivity index is 0. The minimum atomic E-state index is -4.94. The number of quaternary nitrogens is 1. The summed E-state index contributed by atoms with van der Waals surface area (Å²) in [4.78, 5) is 0. The van der Waals surface area contributed by atoms with E-state index in [4.69, 9.17) is 18.6 Å². The Morgan fingerprint density at radius 1 is 0.481 bits per heavy atom. The van der Waals surface area contributed by atoms with Crippen molar-refractivity contribution in [3.63, 3.8) is 0 Å². The van der Waals surface area contributed by atoms with E-state index in [1.807, 2.05) is 0 Å². The van der Waals surface area contributed by atoms with E-state index >= 15 is 0 Å². The summed E-state index contributed by atoms with van der Waals surface area (Å²) < 4.78 is 35.1. The summed E-state index contributed by atoms with van der Waals surface area (Å²) in [5, 5.41) is 0. The van der Waals surface area contributed by atoms with E-state index < -0.39 is 10.2 Å². The molecule has 0 aliphatic heterocycles. The first-order valence-corrected chi connectivity index (χ1v) is 12.2. The van der Waals surface area contributed by atoms with Crippen LogP contribution in [0, 0.1) is 10.2 Å². The van der Waals surface area contributed by atoms with Gasteiger partial charge in [0.05, 0.1) is 27.7 Å². The molecule has 0 aromatic rings. The van der Waals surface area contributed by atoms with Crippen molar-refractivity contribution in [2.24, 2.45) is 0 Å². The van der Waals surface area contributed by atoms with Crippen molar-refractivity contribution in [3.8, 4) is 0 Å². The van der Waals surface area contributed by atoms with Gasteiger partial charge in [0.1, 0.15) is 0 Å². The lowest BCUT2D eigenvalue weighted by molar-refractivity contribution is -2.00. The molecule has 0 amide bonds. The number of hydrogen-bond acceptors (Lipinski definition) is 4. The fourth-order valence-electron chi connectivity index (χ4n) is 3.13. The van der Waals surface area contributed by atoms with Crippen LogP contribution in [0.15, 0.2) is 0 Å². The van der Waals surface area contributed by atoms with Crippen molar-refractivity contribution in [3.05, 3.63) is 0 Å². The van der Waals surface area contributed by atoms with Gasteiger partial charge >= 0.3 is 0 Å². The van der Waals surface area contributed by atoms with E-state index in [0.29, 0.717) is 0 Å². The van der Waals surface area contributed by atoms with Gasteiger partial charge in [0.15, 0.2) is 0 Å². The predicted molar refractivity (Wildman–Crippen MR) is 102 cm³/mol. The van der Waals surface area contributed by atoms with Crippen LogP contribution in [0.25, 0.3) is 0 Å². The van der Waals surface area contributed by atoms with E-state index in [0.717, 1.165) is 4.48 Å². The topological polar surface area (TPSA) is 92.2 Å². The molecule has 0 aliphatic rings.